The first-order valence-corrected chi connectivity index (χ1v) is 9.98. The predicted molar refractivity (Wildman–Crippen MR) is 117 cm³/mol. The largest absolute Gasteiger partial charge is 0.493 e. The van der Waals surface area contributed by atoms with Crippen LogP contribution in [0.5, 0.6) is 23.0 Å². The molecule has 0 aromatic heterocycles. The number of rotatable bonds is 10. The van der Waals surface area contributed by atoms with E-state index in [9.17, 15) is 9.59 Å². The van der Waals surface area contributed by atoms with Crippen LogP contribution >= 0.6 is 0 Å². The summed E-state index contributed by atoms with van der Waals surface area (Å²) in [5.74, 6) is 1.81. The Balaban J connectivity index is 1.93. The topological polar surface area (TPSA) is 95.1 Å². The molecule has 0 bridgehead atoms. The Morgan fingerprint density at radius 2 is 1.48 bits per heavy atom. The number of nitrogens with one attached hydrogen (secondary N) is 2. The van der Waals surface area contributed by atoms with Gasteiger partial charge in [0.1, 0.15) is 0 Å². The fraction of sp³-hybridized carbons (Fsp3) is 0.391. The van der Waals surface area contributed by atoms with Crippen LogP contribution in [0.3, 0.4) is 0 Å². The Kier molecular flexibility index (Phi) is 8.99. The van der Waals surface area contributed by atoms with E-state index in [1.165, 1.54) is 14.2 Å². The van der Waals surface area contributed by atoms with Crippen LogP contribution in [-0.4, -0.2) is 39.8 Å². The van der Waals surface area contributed by atoms with Crippen molar-refractivity contribution in [1.29, 1.82) is 0 Å². The zero-order valence-electron chi connectivity index (χ0n) is 18.6. The summed E-state index contributed by atoms with van der Waals surface area (Å²) < 4.78 is 21.5. The van der Waals surface area contributed by atoms with Gasteiger partial charge >= 0.3 is 0 Å². The summed E-state index contributed by atoms with van der Waals surface area (Å²) >= 11 is 0. The average Bonchev–Trinajstić information content (AvgIpc) is 2.77. The number of benzene rings is 2. The minimum Gasteiger partial charge on any atom is -0.493 e. The minimum absolute atomic E-state index is 0.0621. The highest BCUT2D eigenvalue weighted by Crippen LogP contribution is 2.29. The van der Waals surface area contributed by atoms with E-state index in [4.69, 9.17) is 18.9 Å². The van der Waals surface area contributed by atoms with Crippen molar-refractivity contribution in [2.75, 3.05) is 27.9 Å². The molecule has 2 N–H and O–H groups in total. The summed E-state index contributed by atoms with van der Waals surface area (Å²) in [6, 6.07) is 10.1. The van der Waals surface area contributed by atoms with Gasteiger partial charge in [0, 0.05) is 5.56 Å². The number of carbonyl (C=O) groups is 2. The number of hydrogen-bond donors (Lipinski definition) is 2. The van der Waals surface area contributed by atoms with E-state index in [1.807, 2.05) is 0 Å². The van der Waals surface area contributed by atoms with Gasteiger partial charge in [0.15, 0.2) is 23.0 Å². The van der Waals surface area contributed by atoms with Crippen LogP contribution in [0.2, 0.25) is 0 Å². The molecule has 2 aromatic rings. The van der Waals surface area contributed by atoms with E-state index in [0.717, 1.165) is 6.42 Å². The third-order valence-corrected chi connectivity index (χ3v) is 4.51. The van der Waals surface area contributed by atoms with Crippen molar-refractivity contribution in [3.05, 3.63) is 47.5 Å². The molecule has 0 aliphatic rings. The first-order chi connectivity index (χ1) is 14.9. The molecule has 0 heterocycles. The maximum Gasteiger partial charge on any atom is 0.269 e. The maximum absolute atomic E-state index is 12.4. The molecule has 0 unspecified atom stereocenters. The molecule has 0 radical (unpaired) electrons. The number of hydrazine groups is 1. The normalized spacial score (nSPS) is 10.4. The standard InChI is InChI=1S/C23H30N2O6/c1-15(2)10-11-31-19-9-7-17(14-21(19)30-5)23(27)25-24-22(26)13-16-6-8-18(28-3)20(12-16)29-4/h6-9,12,14-15H,10-11,13H2,1-5H3,(H,24,26)(H,25,27). The lowest BCUT2D eigenvalue weighted by Gasteiger charge is -2.13. The van der Waals surface area contributed by atoms with Gasteiger partial charge in [0.2, 0.25) is 5.91 Å². The van der Waals surface area contributed by atoms with Gasteiger partial charge in [-0.25, -0.2) is 0 Å². The number of carbonyl (C=O) groups excluding carboxylic acids is 2. The van der Waals surface area contributed by atoms with Crippen molar-refractivity contribution in [3.63, 3.8) is 0 Å². The smallest absolute Gasteiger partial charge is 0.269 e. The summed E-state index contributed by atoms with van der Waals surface area (Å²) in [6.45, 7) is 4.80. The summed E-state index contributed by atoms with van der Waals surface area (Å²) in [5.41, 5.74) is 5.87. The second-order valence-electron chi connectivity index (χ2n) is 7.27. The van der Waals surface area contributed by atoms with Crippen molar-refractivity contribution in [1.82, 2.24) is 10.9 Å². The average molecular weight is 431 g/mol. The van der Waals surface area contributed by atoms with Crippen molar-refractivity contribution >= 4 is 11.8 Å². The van der Waals surface area contributed by atoms with E-state index in [2.05, 4.69) is 24.7 Å². The van der Waals surface area contributed by atoms with Crippen LogP contribution in [0.4, 0.5) is 0 Å². The van der Waals surface area contributed by atoms with E-state index in [0.29, 0.717) is 46.6 Å². The van der Waals surface area contributed by atoms with Gasteiger partial charge in [-0.15, -0.1) is 0 Å². The van der Waals surface area contributed by atoms with E-state index in [1.54, 1.807) is 43.5 Å². The predicted octanol–water partition coefficient (Wildman–Crippen LogP) is 3.14. The second-order valence-corrected chi connectivity index (χ2v) is 7.27. The van der Waals surface area contributed by atoms with Gasteiger partial charge in [-0.2, -0.15) is 0 Å². The molecule has 8 nitrogen and oxygen atoms in total. The number of amides is 2. The lowest BCUT2D eigenvalue weighted by atomic mass is 10.1. The SMILES string of the molecule is COc1ccc(CC(=O)NNC(=O)c2ccc(OCCC(C)C)c(OC)c2)cc1OC. The molecule has 0 fully saturated rings. The van der Waals surface area contributed by atoms with Gasteiger partial charge in [-0.1, -0.05) is 19.9 Å². The fourth-order valence-electron chi connectivity index (χ4n) is 2.75. The Hall–Kier alpha value is -3.42. The molecule has 2 amide bonds. The molecule has 0 aliphatic carbocycles. The van der Waals surface area contributed by atoms with Crippen LogP contribution in [0.1, 0.15) is 36.2 Å². The van der Waals surface area contributed by atoms with Gasteiger partial charge in [-0.05, 0) is 48.2 Å². The van der Waals surface area contributed by atoms with Crippen molar-refractivity contribution in [3.8, 4) is 23.0 Å². The highest BCUT2D eigenvalue weighted by molar-refractivity contribution is 5.96. The molecule has 0 atom stereocenters. The third kappa shape index (κ3) is 7.09. The quantitative estimate of drug-likeness (QED) is 0.563. The van der Waals surface area contributed by atoms with Crippen molar-refractivity contribution < 1.29 is 28.5 Å². The van der Waals surface area contributed by atoms with E-state index in [-0.39, 0.29) is 12.3 Å². The van der Waals surface area contributed by atoms with Crippen LogP contribution in [-0.2, 0) is 11.2 Å². The number of methoxy groups -OCH3 is 3. The monoisotopic (exact) mass is 430 g/mol. The zero-order chi connectivity index (χ0) is 22.8. The van der Waals surface area contributed by atoms with Crippen LogP contribution < -0.4 is 29.8 Å². The lowest BCUT2D eigenvalue weighted by molar-refractivity contribution is -0.121. The highest BCUT2D eigenvalue weighted by Gasteiger charge is 2.13. The lowest BCUT2D eigenvalue weighted by Crippen LogP contribution is -2.42. The Bertz CT molecular complexity index is 898. The second kappa shape index (κ2) is 11.7. The molecular weight excluding hydrogens is 400 g/mol. The number of ether oxygens (including phenoxy) is 4. The van der Waals surface area contributed by atoms with Crippen LogP contribution in [0, 0.1) is 5.92 Å². The molecule has 2 aromatic carbocycles. The minimum atomic E-state index is -0.465. The Morgan fingerprint density at radius 1 is 0.839 bits per heavy atom. The summed E-state index contributed by atoms with van der Waals surface area (Å²) in [7, 11) is 4.58. The molecule has 31 heavy (non-hydrogen) atoms. The van der Waals surface area contributed by atoms with E-state index < -0.39 is 5.91 Å². The van der Waals surface area contributed by atoms with E-state index >= 15 is 0 Å². The highest BCUT2D eigenvalue weighted by atomic mass is 16.5. The summed E-state index contributed by atoms with van der Waals surface area (Å²) in [5, 5.41) is 0. The molecule has 0 aliphatic heterocycles. The Morgan fingerprint density at radius 3 is 2.13 bits per heavy atom. The molecule has 0 saturated carbocycles. The molecular formula is C23H30N2O6. The molecule has 2 rings (SSSR count). The summed E-state index contributed by atoms with van der Waals surface area (Å²) in [6.07, 6.45) is 0.976. The molecule has 0 saturated heterocycles. The van der Waals surface area contributed by atoms with Gasteiger partial charge in [0.05, 0.1) is 34.4 Å². The summed E-state index contributed by atoms with van der Waals surface area (Å²) in [4.78, 5) is 24.6. The maximum atomic E-state index is 12.4. The van der Waals surface area contributed by atoms with Crippen LogP contribution in [0.25, 0.3) is 0 Å². The fourth-order valence-corrected chi connectivity index (χ4v) is 2.75. The third-order valence-electron chi connectivity index (χ3n) is 4.51. The van der Waals surface area contributed by atoms with Crippen molar-refractivity contribution in [2.24, 2.45) is 5.92 Å². The van der Waals surface area contributed by atoms with Crippen molar-refractivity contribution in [2.45, 2.75) is 26.7 Å². The van der Waals surface area contributed by atoms with Gasteiger partial charge < -0.3 is 18.9 Å². The zero-order valence-corrected chi connectivity index (χ0v) is 18.6. The number of hydrogen-bond acceptors (Lipinski definition) is 6. The Labute approximate surface area is 182 Å². The first kappa shape index (κ1) is 23.9. The first-order valence-electron chi connectivity index (χ1n) is 9.98. The molecule has 8 heteroatoms. The van der Waals surface area contributed by atoms with Gasteiger partial charge in [-0.3, -0.25) is 20.4 Å². The van der Waals surface area contributed by atoms with Gasteiger partial charge in [0.25, 0.3) is 5.91 Å². The molecule has 168 valence electrons. The molecule has 0 spiro atoms. The van der Waals surface area contributed by atoms with Crippen LogP contribution in [0.15, 0.2) is 36.4 Å².